The minimum absolute atomic E-state index is 0.0237. The number of rotatable bonds is 8. The summed E-state index contributed by atoms with van der Waals surface area (Å²) in [6.45, 7) is 9.59. The third-order valence-electron chi connectivity index (χ3n) is 3.97. The normalized spacial score (nSPS) is 12.4. The molecule has 1 amide bonds. The van der Waals surface area contributed by atoms with Gasteiger partial charge in [-0.1, -0.05) is 32.9 Å². The van der Waals surface area contributed by atoms with Crippen molar-refractivity contribution in [3.63, 3.8) is 0 Å². The smallest absolute Gasteiger partial charge is 0.240 e. The average molecular weight is 370 g/mol. The zero-order chi connectivity index (χ0) is 19.3. The maximum atomic E-state index is 12.4. The van der Waals surface area contributed by atoms with Crippen LogP contribution in [0.3, 0.4) is 0 Å². The van der Waals surface area contributed by atoms with Crippen molar-refractivity contribution in [2.45, 2.75) is 38.0 Å². The second-order valence-corrected chi connectivity index (χ2v) is 9.25. The molecule has 0 bridgehead atoms. The fraction of sp³-hybridized carbons (Fsp3) is 0.611. The molecule has 0 spiro atoms. The van der Waals surface area contributed by atoms with E-state index in [9.17, 15) is 13.2 Å². The Bertz CT molecular complexity index is 662. The SMILES string of the molecule is CC(=O)N(CCNS(=O)(=O)c1ccc(C(C)(C)C)cc1)CCN(C)C. The largest absolute Gasteiger partial charge is 0.340 e. The van der Waals surface area contributed by atoms with Gasteiger partial charge in [-0.25, -0.2) is 13.1 Å². The second kappa shape index (κ2) is 8.78. The number of nitrogens with zero attached hydrogens (tertiary/aromatic N) is 2. The highest BCUT2D eigenvalue weighted by atomic mass is 32.2. The second-order valence-electron chi connectivity index (χ2n) is 7.48. The Kier molecular flexibility index (Phi) is 7.59. The monoisotopic (exact) mass is 369 g/mol. The van der Waals surface area contributed by atoms with Gasteiger partial charge in [0.2, 0.25) is 15.9 Å². The Hall–Kier alpha value is -1.44. The molecule has 0 radical (unpaired) electrons. The summed E-state index contributed by atoms with van der Waals surface area (Å²) in [5.74, 6) is -0.0596. The van der Waals surface area contributed by atoms with E-state index in [1.54, 1.807) is 17.0 Å². The minimum atomic E-state index is -3.57. The summed E-state index contributed by atoms with van der Waals surface area (Å²) in [6, 6.07) is 6.93. The molecule has 1 N–H and O–H groups in total. The number of likely N-dealkylation sites (N-methyl/N-ethyl adjacent to an activating group) is 1. The third-order valence-corrected chi connectivity index (χ3v) is 5.44. The van der Waals surface area contributed by atoms with E-state index in [1.807, 2.05) is 31.1 Å². The topological polar surface area (TPSA) is 69.7 Å². The first-order chi connectivity index (χ1) is 11.4. The summed E-state index contributed by atoms with van der Waals surface area (Å²) < 4.78 is 27.3. The van der Waals surface area contributed by atoms with Crippen LogP contribution in [-0.2, 0) is 20.2 Å². The summed E-state index contributed by atoms with van der Waals surface area (Å²) in [7, 11) is 0.292. The molecular weight excluding hydrogens is 338 g/mol. The zero-order valence-corrected chi connectivity index (χ0v) is 17.0. The number of benzene rings is 1. The molecule has 0 saturated carbocycles. The van der Waals surface area contributed by atoms with Crippen molar-refractivity contribution in [3.8, 4) is 0 Å². The Balaban J connectivity index is 2.67. The van der Waals surface area contributed by atoms with Crippen molar-refractivity contribution in [1.29, 1.82) is 0 Å². The Morgan fingerprint density at radius 2 is 1.60 bits per heavy atom. The highest BCUT2D eigenvalue weighted by Gasteiger charge is 2.18. The number of hydrogen-bond donors (Lipinski definition) is 1. The Morgan fingerprint density at radius 1 is 1.04 bits per heavy atom. The highest BCUT2D eigenvalue weighted by molar-refractivity contribution is 7.89. The molecule has 0 aliphatic heterocycles. The lowest BCUT2D eigenvalue weighted by Gasteiger charge is -2.23. The van der Waals surface area contributed by atoms with Crippen LogP contribution in [-0.4, -0.2) is 64.4 Å². The van der Waals surface area contributed by atoms with E-state index in [1.165, 1.54) is 6.92 Å². The standard InChI is InChI=1S/C18H31N3O3S/c1-15(22)21(14-13-20(5)6)12-11-19-25(23,24)17-9-7-16(8-10-17)18(2,3)4/h7-10,19H,11-14H2,1-6H3. The molecule has 0 unspecified atom stereocenters. The first-order valence-electron chi connectivity index (χ1n) is 8.44. The van der Waals surface area contributed by atoms with E-state index in [4.69, 9.17) is 0 Å². The van der Waals surface area contributed by atoms with Crippen molar-refractivity contribution in [2.24, 2.45) is 0 Å². The van der Waals surface area contributed by atoms with Gasteiger partial charge in [-0.2, -0.15) is 0 Å². The quantitative estimate of drug-likeness (QED) is 0.757. The van der Waals surface area contributed by atoms with E-state index in [0.29, 0.717) is 13.1 Å². The van der Waals surface area contributed by atoms with E-state index < -0.39 is 10.0 Å². The summed E-state index contributed by atoms with van der Waals surface area (Å²) in [4.78, 5) is 15.5. The van der Waals surface area contributed by atoms with Crippen LogP contribution < -0.4 is 4.72 Å². The first kappa shape index (κ1) is 21.6. The van der Waals surface area contributed by atoms with Gasteiger partial charge in [0.1, 0.15) is 0 Å². The number of nitrogens with one attached hydrogen (secondary N) is 1. The van der Waals surface area contributed by atoms with E-state index in [-0.39, 0.29) is 22.8 Å². The first-order valence-corrected chi connectivity index (χ1v) is 9.92. The minimum Gasteiger partial charge on any atom is -0.340 e. The van der Waals surface area contributed by atoms with Crippen molar-refractivity contribution < 1.29 is 13.2 Å². The molecule has 25 heavy (non-hydrogen) atoms. The molecule has 0 aromatic heterocycles. The van der Waals surface area contributed by atoms with Crippen LogP contribution in [0.5, 0.6) is 0 Å². The lowest BCUT2D eigenvalue weighted by Crippen LogP contribution is -2.40. The van der Waals surface area contributed by atoms with Crippen LogP contribution in [0.1, 0.15) is 33.3 Å². The Morgan fingerprint density at radius 3 is 2.04 bits per heavy atom. The highest BCUT2D eigenvalue weighted by Crippen LogP contribution is 2.23. The number of amides is 1. The molecule has 0 atom stereocenters. The summed E-state index contributed by atoms with van der Waals surface area (Å²) >= 11 is 0. The predicted octanol–water partition coefficient (Wildman–Crippen LogP) is 1.67. The average Bonchev–Trinajstić information content (AvgIpc) is 2.49. The van der Waals surface area contributed by atoms with Crippen molar-refractivity contribution in [2.75, 3.05) is 40.3 Å². The predicted molar refractivity (Wildman–Crippen MR) is 101 cm³/mol. The molecule has 1 aromatic carbocycles. The van der Waals surface area contributed by atoms with E-state index >= 15 is 0 Å². The fourth-order valence-electron chi connectivity index (χ4n) is 2.28. The molecule has 142 valence electrons. The molecular formula is C18H31N3O3S. The van der Waals surface area contributed by atoms with Crippen LogP contribution in [0.2, 0.25) is 0 Å². The van der Waals surface area contributed by atoms with Crippen LogP contribution in [0.15, 0.2) is 29.2 Å². The molecule has 6 nitrogen and oxygen atoms in total. The van der Waals surface area contributed by atoms with Gasteiger partial charge in [0.25, 0.3) is 0 Å². The molecule has 0 heterocycles. The number of carbonyl (C=O) groups excluding carboxylic acids is 1. The summed E-state index contributed by atoms with van der Waals surface area (Å²) in [6.07, 6.45) is 0. The van der Waals surface area contributed by atoms with Gasteiger partial charge in [0, 0.05) is 33.1 Å². The molecule has 1 rings (SSSR count). The lowest BCUT2D eigenvalue weighted by molar-refractivity contribution is -0.128. The maximum absolute atomic E-state index is 12.4. The fourth-order valence-corrected chi connectivity index (χ4v) is 3.30. The molecule has 0 saturated heterocycles. The van der Waals surface area contributed by atoms with Gasteiger partial charge >= 0.3 is 0 Å². The van der Waals surface area contributed by atoms with Gasteiger partial charge < -0.3 is 9.80 Å². The lowest BCUT2D eigenvalue weighted by atomic mass is 9.87. The van der Waals surface area contributed by atoms with E-state index in [2.05, 4.69) is 25.5 Å². The summed E-state index contributed by atoms with van der Waals surface area (Å²) in [5, 5.41) is 0. The van der Waals surface area contributed by atoms with Crippen LogP contribution in [0.25, 0.3) is 0 Å². The number of carbonyl (C=O) groups is 1. The van der Waals surface area contributed by atoms with Crippen molar-refractivity contribution in [1.82, 2.24) is 14.5 Å². The van der Waals surface area contributed by atoms with Crippen LogP contribution in [0.4, 0.5) is 0 Å². The van der Waals surface area contributed by atoms with Gasteiger partial charge in [0.05, 0.1) is 4.90 Å². The van der Waals surface area contributed by atoms with Crippen LogP contribution >= 0.6 is 0 Å². The van der Waals surface area contributed by atoms with Crippen molar-refractivity contribution in [3.05, 3.63) is 29.8 Å². The molecule has 0 fully saturated rings. The summed E-state index contributed by atoms with van der Waals surface area (Å²) in [5.41, 5.74) is 1.06. The number of hydrogen-bond acceptors (Lipinski definition) is 4. The molecule has 0 aliphatic carbocycles. The molecule has 7 heteroatoms. The molecule has 1 aromatic rings. The van der Waals surface area contributed by atoms with Crippen LogP contribution in [0, 0.1) is 0 Å². The van der Waals surface area contributed by atoms with Crippen molar-refractivity contribution >= 4 is 15.9 Å². The zero-order valence-electron chi connectivity index (χ0n) is 16.2. The van der Waals surface area contributed by atoms with Gasteiger partial charge in [-0.05, 0) is 37.2 Å². The van der Waals surface area contributed by atoms with Gasteiger partial charge in [0.15, 0.2) is 0 Å². The van der Waals surface area contributed by atoms with Gasteiger partial charge in [-0.15, -0.1) is 0 Å². The van der Waals surface area contributed by atoms with E-state index in [0.717, 1.165) is 12.1 Å². The Labute approximate surface area is 152 Å². The molecule has 0 aliphatic rings. The maximum Gasteiger partial charge on any atom is 0.240 e. The third kappa shape index (κ3) is 7.13. The van der Waals surface area contributed by atoms with Gasteiger partial charge in [-0.3, -0.25) is 4.79 Å². The number of sulfonamides is 1.